The number of hydrogen-bond donors (Lipinski definition) is 1. The van der Waals surface area contributed by atoms with Gasteiger partial charge in [-0.3, -0.25) is 0 Å². The fourth-order valence-electron chi connectivity index (χ4n) is 2.95. The molecule has 0 spiro atoms. The van der Waals surface area contributed by atoms with E-state index in [4.69, 9.17) is 9.26 Å². The van der Waals surface area contributed by atoms with E-state index in [0.717, 1.165) is 38.2 Å². The molecule has 0 aliphatic carbocycles. The quantitative estimate of drug-likeness (QED) is 0.832. The van der Waals surface area contributed by atoms with Crippen LogP contribution in [0, 0.1) is 5.92 Å². The van der Waals surface area contributed by atoms with Crippen LogP contribution in [0.4, 0.5) is 0 Å². The van der Waals surface area contributed by atoms with Gasteiger partial charge in [-0.2, -0.15) is 4.98 Å². The number of nitrogens with one attached hydrogen (secondary N) is 1. The molecule has 0 radical (unpaired) electrons. The highest BCUT2D eigenvalue weighted by atomic mass is 16.5. The van der Waals surface area contributed by atoms with Gasteiger partial charge in [-0.25, -0.2) is 0 Å². The molecular weight excluding hydrogens is 254 g/mol. The highest BCUT2D eigenvalue weighted by Gasteiger charge is 2.44. The van der Waals surface area contributed by atoms with E-state index in [1.54, 1.807) is 0 Å². The molecule has 114 valence electrons. The van der Waals surface area contributed by atoms with Gasteiger partial charge >= 0.3 is 0 Å². The zero-order valence-electron chi connectivity index (χ0n) is 13.1. The monoisotopic (exact) mass is 281 g/mol. The molecular formula is C15H27N3O2. The molecule has 1 saturated heterocycles. The Morgan fingerprint density at radius 3 is 2.75 bits per heavy atom. The van der Waals surface area contributed by atoms with Crippen molar-refractivity contribution in [2.75, 3.05) is 19.7 Å². The maximum Gasteiger partial charge on any atom is 0.234 e. The third-order valence-electron chi connectivity index (χ3n) is 4.37. The Hall–Kier alpha value is -0.940. The van der Waals surface area contributed by atoms with Crippen molar-refractivity contribution in [1.29, 1.82) is 0 Å². The number of ether oxygens (including phenoxy) is 1. The number of nitrogens with zero attached hydrogens (tertiary/aromatic N) is 2. The molecule has 0 aromatic carbocycles. The molecule has 1 fully saturated rings. The summed E-state index contributed by atoms with van der Waals surface area (Å²) in [5.41, 5.74) is -0.0196. The molecule has 1 aliphatic heterocycles. The van der Waals surface area contributed by atoms with Crippen molar-refractivity contribution in [3.05, 3.63) is 11.7 Å². The van der Waals surface area contributed by atoms with Crippen LogP contribution in [0.15, 0.2) is 4.52 Å². The predicted molar refractivity (Wildman–Crippen MR) is 77.6 cm³/mol. The Balaban J connectivity index is 2.22. The van der Waals surface area contributed by atoms with E-state index in [-0.39, 0.29) is 11.5 Å². The van der Waals surface area contributed by atoms with Crippen LogP contribution >= 0.6 is 0 Å². The second-order valence-corrected chi connectivity index (χ2v) is 5.93. The summed E-state index contributed by atoms with van der Waals surface area (Å²) in [6.07, 6.45) is 2.99. The average Bonchev–Trinajstić information content (AvgIpc) is 3.08. The van der Waals surface area contributed by atoms with E-state index in [9.17, 15) is 0 Å². The SMILES string of the molecule is CCCC(OCC)c1noc(C2(C(C)C)CCNC2)n1. The fourth-order valence-corrected chi connectivity index (χ4v) is 2.95. The lowest BCUT2D eigenvalue weighted by atomic mass is 9.76. The predicted octanol–water partition coefficient (Wildman–Crippen LogP) is 2.83. The molecule has 5 nitrogen and oxygen atoms in total. The summed E-state index contributed by atoms with van der Waals surface area (Å²) < 4.78 is 11.3. The van der Waals surface area contributed by atoms with Crippen molar-refractivity contribution in [3.8, 4) is 0 Å². The molecule has 5 heteroatoms. The summed E-state index contributed by atoms with van der Waals surface area (Å²) in [4.78, 5) is 4.68. The standard InChI is InChI=1S/C15H27N3O2/c1-5-7-12(19-6-2)13-17-14(20-18-13)15(11(3)4)8-9-16-10-15/h11-12,16H,5-10H2,1-4H3. The largest absolute Gasteiger partial charge is 0.370 e. The molecule has 0 saturated carbocycles. The van der Waals surface area contributed by atoms with E-state index in [0.29, 0.717) is 18.3 Å². The topological polar surface area (TPSA) is 60.2 Å². The Bertz CT molecular complexity index is 405. The van der Waals surface area contributed by atoms with Gasteiger partial charge in [0, 0.05) is 13.2 Å². The summed E-state index contributed by atoms with van der Waals surface area (Å²) >= 11 is 0. The molecule has 2 rings (SSSR count). The Morgan fingerprint density at radius 1 is 1.40 bits per heavy atom. The number of aromatic nitrogens is 2. The highest BCUT2D eigenvalue weighted by Crippen LogP contribution is 2.37. The van der Waals surface area contributed by atoms with Gasteiger partial charge in [-0.15, -0.1) is 0 Å². The number of rotatable bonds is 7. The normalized spacial score (nSPS) is 24.4. The van der Waals surface area contributed by atoms with E-state index >= 15 is 0 Å². The maximum atomic E-state index is 5.74. The molecule has 0 amide bonds. The molecule has 2 atom stereocenters. The molecule has 1 aliphatic rings. The van der Waals surface area contributed by atoms with E-state index < -0.39 is 0 Å². The molecule has 20 heavy (non-hydrogen) atoms. The molecule has 1 aromatic heterocycles. The summed E-state index contributed by atoms with van der Waals surface area (Å²) in [6.45, 7) is 11.2. The lowest BCUT2D eigenvalue weighted by molar-refractivity contribution is 0.0477. The first kappa shape index (κ1) is 15.4. The van der Waals surface area contributed by atoms with Crippen LogP contribution in [-0.2, 0) is 10.2 Å². The first-order chi connectivity index (χ1) is 9.64. The van der Waals surface area contributed by atoms with Crippen molar-refractivity contribution < 1.29 is 9.26 Å². The summed E-state index contributed by atoms with van der Waals surface area (Å²) in [5, 5.41) is 7.61. The van der Waals surface area contributed by atoms with Crippen LogP contribution in [0.25, 0.3) is 0 Å². The zero-order chi connectivity index (χ0) is 14.6. The fraction of sp³-hybridized carbons (Fsp3) is 0.867. The Labute approximate surface area is 121 Å². The Kier molecular flexibility index (Phi) is 5.16. The molecule has 2 unspecified atom stereocenters. The van der Waals surface area contributed by atoms with Gasteiger partial charge in [-0.1, -0.05) is 32.3 Å². The second kappa shape index (κ2) is 6.68. The zero-order valence-corrected chi connectivity index (χ0v) is 13.1. The van der Waals surface area contributed by atoms with Gasteiger partial charge in [0.05, 0.1) is 5.41 Å². The first-order valence-electron chi connectivity index (χ1n) is 7.80. The van der Waals surface area contributed by atoms with Gasteiger partial charge in [0.15, 0.2) is 0 Å². The van der Waals surface area contributed by atoms with Crippen LogP contribution in [0.2, 0.25) is 0 Å². The molecule has 0 bridgehead atoms. The minimum atomic E-state index is -0.0407. The third kappa shape index (κ3) is 2.88. The van der Waals surface area contributed by atoms with Gasteiger partial charge in [0.1, 0.15) is 6.10 Å². The van der Waals surface area contributed by atoms with E-state index in [1.165, 1.54) is 0 Å². The minimum absolute atomic E-state index is 0.0196. The van der Waals surface area contributed by atoms with Crippen LogP contribution in [0.5, 0.6) is 0 Å². The second-order valence-electron chi connectivity index (χ2n) is 5.93. The summed E-state index contributed by atoms with van der Waals surface area (Å²) in [7, 11) is 0. The van der Waals surface area contributed by atoms with Crippen LogP contribution in [0.3, 0.4) is 0 Å². The highest BCUT2D eigenvalue weighted by molar-refractivity contribution is 5.12. The number of hydrogen-bond acceptors (Lipinski definition) is 5. The van der Waals surface area contributed by atoms with Gasteiger partial charge in [-0.05, 0) is 32.2 Å². The van der Waals surface area contributed by atoms with Crippen molar-refractivity contribution in [2.45, 2.75) is 58.5 Å². The molecule has 1 aromatic rings. The maximum absolute atomic E-state index is 5.74. The van der Waals surface area contributed by atoms with Crippen molar-refractivity contribution in [2.24, 2.45) is 5.92 Å². The van der Waals surface area contributed by atoms with Gasteiger partial charge in [0.25, 0.3) is 0 Å². The van der Waals surface area contributed by atoms with Gasteiger partial charge < -0.3 is 14.6 Å². The molecule has 2 heterocycles. The minimum Gasteiger partial charge on any atom is -0.370 e. The van der Waals surface area contributed by atoms with Crippen LogP contribution < -0.4 is 5.32 Å². The average molecular weight is 281 g/mol. The van der Waals surface area contributed by atoms with Gasteiger partial charge in [0.2, 0.25) is 11.7 Å². The Morgan fingerprint density at radius 2 is 2.20 bits per heavy atom. The van der Waals surface area contributed by atoms with Crippen LogP contribution in [-0.4, -0.2) is 29.8 Å². The third-order valence-corrected chi connectivity index (χ3v) is 4.37. The van der Waals surface area contributed by atoms with Crippen molar-refractivity contribution >= 4 is 0 Å². The smallest absolute Gasteiger partial charge is 0.234 e. The lowest BCUT2D eigenvalue weighted by Gasteiger charge is -2.28. The van der Waals surface area contributed by atoms with E-state index in [2.05, 4.69) is 36.2 Å². The van der Waals surface area contributed by atoms with Crippen LogP contribution in [0.1, 0.15) is 64.8 Å². The van der Waals surface area contributed by atoms with E-state index in [1.807, 2.05) is 6.92 Å². The summed E-state index contributed by atoms with van der Waals surface area (Å²) in [5.74, 6) is 1.95. The summed E-state index contributed by atoms with van der Waals surface area (Å²) in [6, 6.07) is 0. The van der Waals surface area contributed by atoms with Crippen molar-refractivity contribution in [1.82, 2.24) is 15.5 Å². The lowest BCUT2D eigenvalue weighted by Crippen LogP contribution is -2.35. The molecule has 1 N–H and O–H groups in total. The first-order valence-corrected chi connectivity index (χ1v) is 7.80. The van der Waals surface area contributed by atoms with Crippen molar-refractivity contribution in [3.63, 3.8) is 0 Å².